The molecule has 4 fully saturated rings. The van der Waals surface area contributed by atoms with Crippen LogP contribution in [0.15, 0.2) is 60.8 Å². The Morgan fingerprint density at radius 3 is 2.34 bits per heavy atom. The maximum atomic E-state index is 13.4. The van der Waals surface area contributed by atoms with E-state index in [1.54, 1.807) is 6.20 Å². The fourth-order valence-corrected chi connectivity index (χ4v) is 9.23. The largest absolute Gasteiger partial charge is 0.416 e. The predicted octanol–water partition coefficient (Wildman–Crippen LogP) is 5.98. The van der Waals surface area contributed by atoms with Crippen molar-refractivity contribution in [1.29, 1.82) is 0 Å². The smallest absolute Gasteiger partial charge is 0.396 e. The zero-order chi connectivity index (χ0) is 40.4. The fraction of sp³-hybridized carbons (Fsp3) is 0.512. The number of piperazine rings is 1. The lowest BCUT2D eigenvalue weighted by molar-refractivity contribution is -0.138. The maximum Gasteiger partial charge on any atom is 0.416 e. The van der Waals surface area contributed by atoms with Crippen LogP contribution in [-0.2, 0) is 22.3 Å². The molecule has 0 bridgehead atoms. The number of rotatable bonds is 10. The summed E-state index contributed by atoms with van der Waals surface area (Å²) >= 11 is 0. The average molecular weight is 801 g/mol. The third-order valence-corrected chi connectivity index (χ3v) is 12.6. The van der Waals surface area contributed by atoms with E-state index in [9.17, 15) is 32.7 Å². The van der Waals surface area contributed by atoms with Gasteiger partial charge in [0.1, 0.15) is 5.82 Å². The molecule has 2 aromatic heterocycles. The van der Waals surface area contributed by atoms with Crippen LogP contribution < -0.4 is 15.5 Å². The Labute approximate surface area is 335 Å². The number of aliphatic hydroxyl groups is 1. The second-order valence-corrected chi connectivity index (χ2v) is 16.5. The minimum absolute atomic E-state index is 0.0311. The van der Waals surface area contributed by atoms with Gasteiger partial charge < -0.3 is 19.5 Å². The van der Waals surface area contributed by atoms with E-state index in [-0.39, 0.29) is 41.9 Å². The van der Waals surface area contributed by atoms with E-state index < -0.39 is 17.6 Å². The first-order valence-corrected chi connectivity index (χ1v) is 20.6. The van der Waals surface area contributed by atoms with Crippen LogP contribution in [0.3, 0.4) is 0 Å². The van der Waals surface area contributed by atoms with E-state index in [4.69, 9.17) is 4.98 Å². The van der Waals surface area contributed by atoms with Gasteiger partial charge in [-0.2, -0.15) is 13.2 Å². The summed E-state index contributed by atoms with van der Waals surface area (Å²) in [6.45, 7) is 7.62. The Balaban J connectivity index is 0.867. The molecule has 5 heterocycles. The first kappa shape index (κ1) is 39.9. The molecule has 0 radical (unpaired) electrons. The molecule has 15 heteroatoms. The summed E-state index contributed by atoms with van der Waals surface area (Å²) in [4.78, 5) is 54.2. The number of anilines is 2. The summed E-state index contributed by atoms with van der Waals surface area (Å²) in [7, 11) is 0. The highest BCUT2D eigenvalue weighted by Crippen LogP contribution is 2.37. The number of hydrogen-bond donors (Lipinski definition) is 3. The first-order valence-electron chi connectivity index (χ1n) is 20.6. The number of pyridine rings is 1. The van der Waals surface area contributed by atoms with Crippen molar-refractivity contribution in [3.05, 3.63) is 83.0 Å². The number of fused-ring (bicyclic) bond motifs is 1. The van der Waals surface area contributed by atoms with Crippen molar-refractivity contribution >= 4 is 40.5 Å². The molecular weight excluding hydrogens is 750 g/mol. The highest BCUT2D eigenvalue weighted by Gasteiger charge is 2.33. The number of imide groups is 1. The highest BCUT2D eigenvalue weighted by atomic mass is 19.4. The standard InChI is InChI=1S/C43H51F3N8O4/c44-43(45,46)33-3-1-2-32(23-33)40(57)50-42-48-36-22-30(6-10-37(36)54(42)34-7-4-29(27-55)5-8-34)26-52-20-18-51(19-21-52)25-28-13-16-53(17-14-28)38-24-31(12-15-47-38)35-9-11-39(56)49-41(35)58/h1-3,6,10,12,15,22-24,28-29,34-35,55H,4-5,7-9,11,13-14,16-21,25-27H2,(H,48,50,57)(H,49,56,58). The van der Waals surface area contributed by atoms with Gasteiger partial charge >= 0.3 is 6.18 Å². The van der Waals surface area contributed by atoms with Gasteiger partial charge in [-0.1, -0.05) is 12.1 Å². The van der Waals surface area contributed by atoms with Gasteiger partial charge in [0.25, 0.3) is 5.91 Å². The average Bonchev–Trinajstić information content (AvgIpc) is 3.58. The number of imidazole rings is 1. The van der Waals surface area contributed by atoms with Crippen molar-refractivity contribution in [2.75, 3.05) is 62.6 Å². The summed E-state index contributed by atoms with van der Waals surface area (Å²) in [6.07, 6.45) is 3.50. The number of benzene rings is 2. The second kappa shape index (κ2) is 17.2. The number of alkyl halides is 3. The van der Waals surface area contributed by atoms with E-state index in [2.05, 4.69) is 42.5 Å². The number of amides is 3. The Bertz CT molecular complexity index is 2120. The SMILES string of the molecule is O=C1CCC(c2ccnc(N3CCC(CN4CCN(Cc5ccc6c(c5)nc(NC(=O)c5cccc(C(F)(F)F)c5)n6C5CCC(CO)CC5)CC4)CC3)c2)C(=O)N1. The van der Waals surface area contributed by atoms with Crippen LogP contribution in [0.1, 0.15) is 90.4 Å². The van der Waals surface area contributed by atoms with Crippen LogP contribution in [-0.4, -0.2) is 99.6 Å². The van der Waals surface area contributed by atoms with Crippen molar-refractivity contribution in [2.45, 2.75) is 76.0 Å². The van der Waals surface area contributed by atoms with Crippen LogP contribution in [0.4, 0.5) is 24.9 Å². The number of hydrogen-bond acceptors (Lipinski definition) is 9. The van der Waals surface area contributed by atoms with Crippen LogP contribution >= 0.6 is 0 Å². The van der Waals surface area contributed by atoms with Crippen molar-refractivity contribution < 1.29 is 32.7 Å². The van der Waals surface area contributed by atoms with Gasteiger partial charge in [-0.25, -0.2) is 9.97 Å². The van der Waals surface area contributed by atoms with E-state index in [1.807, 2.05) is 22.8 Å². The van der Waals surface area contributed by atoms with Crippen LogP contribution in [0.2, 0.25) is 0 Å². The topological polar surface area (TPSA) is 136 Å². The van der Waals surface area contributed by atoms with E-state index in [1.165, 1.54) is 12.1 Å². The van der Waals surface area contributed by atoms with Gasteiger partial charge in [0.05, 0.1) is 22.5 Å². The highest BCUT2D eigenvalue weighted by molar-refractivity contribution is 6.04. The molecule has 4 aliphatic rings. The van der Waals surface area contributed by atoms with Gasteiger partial charge in [0.15, 0.2) is 0 Å². The fourth-order valence-electron chi connectivity index (χ4n) is 9.23. The van der Waals surface area contributed by atoms with E-state index >= 15 is 0 Å². The molecule has 2 aromatic carbocycles. The molecule has 12 nitrogen and oxygen atoms in total. The Morgan fingerprint density at radius 1 is 0.862 bits per heavy atom. The number of nitrogens with one attached hydrogen (secondary N) is 2. The molecule has 1 aliphatic carbocycles. The molecule has 3 saturated heterocycles. The number of aromatic nitrogens is 3. The number of aliphatic hydroxyl groups excluding tert-OH is 1. The zero-order valence-corrected chi connectivity index (χ0v) is 32.6. The third-order valence-electron chi connectivity index (χ3n) is 12.6. The van der Waals surface area contributed by atoms with Gasteiger partial charge in [0, 0.05) is 83.2 Å². The quantitative estimate of drug-likeness (QED) is 0.166. The van der Waals surface area contributed by atoms with Crippen LogP contribution in [0.5, 0.6) is 0 Å². The minimum atomic E-state index is -4.56. The molecule has 0 spiro atoms. The monoisotopic (exact) mass is 800 g/mol. The Hall–Kier alpha value is -4.86. The molecule has 308 valence electrons. The molecule has 8 rings (SSSR count). The molecule has 4 aromatic rings. The summed E-state index contributed by atoms with van der Waals surface area (Å²) in [6, 6.07) is 14.5. The van der Waals surface area contributed by atoms with Crippen molar-refractivity contribution in [2.24, 2.45) is 11.8 Å². The zero-order valence-electron chi connectivity index (χ0n) is 32.6. The third kappa shape index (κ3) is 9.06. The lowest BCUT2D eigenvalue weighted by atomic mass is 9.86. The van der Waals surface area contributed by atoms with E-state index in [0.29, 0.717) is 24.7 Å². The molecule has 1 saturated carbocycles. The summed E-state index contributed by atoms with van der Waals surface area (Å²) in [5.41, 5.74) is 2.64. The number of piperidine rings is 2. The number of carbonyl (C=O) groups excluding carboxylic acids is 3. The van der Waals surface area contributed by atoms with Crippen molar-refractivity contribution in [3.8, 4) is 0 Å². The van der Waals surface area contributed by atoms with Gasteiger partial charge in [-0.15, -0.1) is 0 Å². The van der Waals surface area contributed by atoms with Gasteiger partial charge in [-0.05, 0) is 110 Å². The molecule has 1 atom stereocenters. The molecule has 3 N–H and O–H groups in total. The minimum Gasteiger partial charge on any atom is -0.396 e. The predicted molar refractivity (Wildman–Crippen MR) is 213 cm³/mol. The molecule has 3 aliphatic heterocycles. The summed E-state index contributed by atoms with van der Waals surface area (Å²) in [5.74, 6) is 0.630. The normalized spacial score (nSPS) is 23.0. The van der Waals surface area contributed by atoms with Crippen molar-refractivity contribution in [3.63, 3.8) is 0 Å². The van der Waals surface area contributed by atoms with Crippen LogP contribution in [0, 0.1) is 11.8 Å². The van der Waals surface area contributed by atoms with Crippen molar-refractivity contribution in [1.82, 2.24) is 29.7 Å². The summed E-state index contributed by atoms with van der Waals surface area (Å²) in [5, 5.41) is 15.0. The molecule has 3 amide bonds. The van der Waals surface area contributed by atoms with Gasteiger partial charge in [-0.3, -0.25) is 29.9 Å². The molecule has 58 heavy (non-hydrogen) atoms. The summed E-state index contributed by atoms with van der Waals surface area (Å²) < 4.78 is 42.3. The molecule has 1 unspecified atom stereocenters. The second-order valence-electron chi connectivity index (χ2n) is 16.5. The Morgan fingerprint density at radius 2 is 1.62 bits per heavy atom. The maximum absolute atomic E-state index is 13.4. The number of halogens is 3. The number of nitrogens with zero attached hydrogens (tertiary/aromatic N) is 6. The van der Waals surface area contributed by atoms with E-state index in [0.717, 1.165) is 131 Å². The Kier molecular flexibility index (Phi) is 11.8. The molecular formula is C43H51F3N8O4. The first-order chi connectivity index (χ1) is 28.0. The lowest BCUT2D eigenvalue weighted by Crippen LogP contribution is -2.48. The van der Waals surface area contributed by atoms with Gasteiger partial charge in [0.2, 0.25) is 17.8 Å². The van der Waals surface area contributed by atoms with Crippen LogP contribution in [0.25, 0.3) is 11.0 Å². The number of carbonyl (C=O) groups is 3. The lowest BCUT2D eigenvalue weighted by Gasteiger charge is -2.39.